The Morgan fingerprint density at radius 2 is 1.62 bits per heavy atom. The van der Waals surface area contributed by atoms with Crippen LogP contribution in [0.3, 0.4) is 0 Å². The molecule has 0 aliphatic carbocycles. The van der Waals surface area contributed by atoms with Crippen LogP contribution < -0.4 is 4.74 Å². The molecule has 1 saturated heterocycles. The number of nitrogens with zero attached hydrogens (tertiary/aromatic N) is 3. The lowest BCUT2D eigenvalue weighted by atomic mass is 9.96. The van der Waals surface area contributed by atoms with E-state index in [-0.39, 0.29) is 6.10 Å². The van der Waals surface area contributed by atoms with Gasteiger partial charge in [-0.3, -0.25) is 5.01 Å². The maximum atomic E-state index is 6.25. The zero-order valence-corrected chi connectivity index (χ0v) is 14.1. The molecular weight excluding hydrogens is 298 g/mol. The molecule has 2 aromatic carbocycles. The van der Waals surface area contributed by atoms with E-state index >= 15 is 0 Å². The Hall–Kier alpha value is -2.33. The van der Waals surface area contributed by atoms with Crippen molar-refractivity contribution in [3.63, 3.8) is 0 Å². The summed E-state index contributed by atoms with van der Waals surface area (Å²) in [4.78, 5) is 2.35. The first-order valence-electron chi connectivity index (χ1n) is 8.61. The Morgan fingerprint density at radius 3 is 2.42 bits per heavy atom. The quantitative estimate of drug-likeness (QED) is 0.850. The van der Waals surface area contributed by atoms with Crippen LogP contribution in [-0.2, 0) is 0 Å². The number of para-hydroxylation sites is 1. The molecular formula is C20H23N3O. The van der Waals surface area contributed by atoms with Crippen LogP contribution in [0.5, 0.6) is 5.75 Å². The van der Waals surface area contributed by atoms with Gasteiger partial charge in [-0.2, -0.15) is 5.10 Å². The molecule has 0 aromatic heterocycles. The standard InChI is InChI=1S/C20H23N3O/c1-22-11-13-23(14-12-22)21-18-15-20(16-7-3-2-4-8-16)24-19-10-6-5-9-17(18)19/h2-10,20H,11-15H2,1H3/b21-18-. The molecule has 0 N–H and O–H groups in total. The third kappa shape index (κ3) is 3.15. The SMILES string of the molecule is CN1CCN(/N=C2/CC(c3ccccc3)Oc3ccccc32)CC1. The summed E-state index contributed by atoms with van der Waals surface area (Å²) in [5.74, 6) is 0.936. The highest BCUT2D eigenvalue weighted by atomic mass is 16.5. The number of ether oxygens (including phenoxy) is 1. The number of benzene rings is 2. The van der Waals surface area contributed by atoms with Crippen molar-refractivity contribution in [2.24, 2.45) is 5.10 Å². The van der Waals surface area contributed by atoms with Gasteiger partial charge in [0.15, 0.2) is 0 Å². The maximum absolute atomic E-state index is 6.25. The summed E-state index contributed by atoms with van der Waals surface area (Å²) >= 11 is 0. The van der Waals surface area contributed by atoms with Crippen molar-refractivity contribution in [1.82, 2.24) is 9.91 Å². The summed E-state index contributed by atoms with van der Waals surface area (Å²) in [7, 11) is 2.17. The number of rotatable bonds is 2. The smallest absolute Gasteiger partial charge is 0.129 e. The van der Waals surface area contributed by atoms with E-state index in [2.05, 4.69) is 53.4 Å². The van der Waals surface area contributed by atoms with E-state index in [1.54, 1.807) is 0 Å². The Balaban J connectivity index is 1.64. The van der Waals surface area contributed by atoms with Crippen molar-refractivity contribution in [3.8, 4) is 5.75 Å². The zero-order chi connectivity index (χ0) is 16.4. The molecule has 2 aliphatic rings. The van der Waals surface area contributed by atoms with Crippen molar-refractivity contribution >= 4 is 5.71 Å². The molecule has 2 heterocycles. The second-order valence-electron chi connectivity index (χ2n) is 6.52. The lowest BCUT2D eigenvalue weighted by Gasteiger charge is -2.33. The Morgan fingerprint density at radius 1 is 0.917 bits per heavy atom. The van der Waals surface area contributed by atoms with Gasteiger partial charge >= 0.3 is 0 Å². The zero-order valence-electron chi connectivity index (χ0n) is 14.1. The van der Waals surface area contributed by atoms with E-state index < -0.39 is 0 Å². The van der Waals surface area contributed by atoms with Crippen LogP contribution in [0.15, 0.2) is 59.7 Å². The largest absolute Gasteiger partial charge is 0.485 e. The van der Waals surface area contributed by atoms with Crippen molar-refractivity contribution in [2.45, 2.75) is 12.5 Å². The number of likely N-dealkylation sites (N-methyl/N-ethyl adjacent to an activating group) is 1. The van der Waals surface area contributed by atoms with Gasteiger partial charge in [-0.1, -0.05) is 42.5 Å². The van der Waals surface area contributed by atoms with E-state index in [0.29, 0.717) is 0 Å². The van der Waals surface area contributed by atoms with Crippen LogP contribution in [0.25, 0.3) is 0 Å². The molecule has 2 aliphatic heterocycles. The number of fused-ring (bicyclic) bond motifs is 1. The minimum absolute atomic E-state index is 0.0346. The van der Waals surface area contributed by atoms with Gasteiger partial charge in [0.1, 0.15) is 11.9 Å². The van der Waals surface area contributed by atoms with E-state index in [4.69, 9.17) is 9.84 Å². The Bertz CT molecular complexity index is 721. The van der Waals surface area contributed by atoms with Crippen molar-refractivity contribution in [3.05, 3.63) is 65.7 Å². The van der Waals surface area contributed by atoms with E-state index in [1.807, 2.05) is 18.2 Å². The van der Waals surface area contributed by atoms with E-state index in [9.17, 15) is 0 Å². The predicted molar refractivity (Wildman–Crippen MR) is 96.5 cm³/mol. The average Bonchev–Trinajstić information content (AvgIpc) is 2.64. The lowest BCUT2D eigenvalue weighted by Crippen LogP contribution is -2.42. The van der Waals surface area contributed by atoms with Crippen LogP contribution in [-0.4, -0.2) is 48.8 Å². The van der Waals surface area contributed by atoms with E-state index in [1.165, 1.54) is 5.56 Å². The van der Waals surface area contributed by atoms with Gasteiger partial charge in [0, 0.05) is 38.2 Å². The van der Waals surface area contributed by atoms with E-state index in [0.717, 1.165) is 49.6 Å². The molecule has 0 amide bonds. The van der Waals surface area contributed by atoms with Gasteiger partial charge in [0.2, 0.25) is 0 Å². The van der Waals surface area contributed by atoms with Crippen LogP contribution in [0.2, 0.25) is 0 Å². The number of hydrazone groups is 1. The van der Waals surface area contributed by atoms with Crippen LogP contribution in [0, 0.1) is 0 Å². The molecule has 0 radical (unpaired) electrons. The molecule has 0 bridgehead atoms. The summed E-state index contributed by atoms with van der Waals surface area (Å²) in [5, 5.41) is 7.20. The first-order valence-corrected chi connectivity index (χ1v) is 8.61. The van der Waals surface area contributed by atoms with Crippen LogP contribution in [0.1, 0.15) is 23.7 Å². The number of hydrogen-bond donors (Lipinski definition) is 0. The first-order chi connectivity index (χ1) is 11.8. The Labute approximate surface area is 143 Å². The molecule has 0 spiro atoms. The topological polar surface area (TPSA) is 28.1 Å². The molecule has 1 fully saturated rings. The lowest BCUT2D eigenvalue weighted by molar-refractivity contribution is 0.156. The van der Waals surface area contributed by atoms with Gasteiger partial charge < -0.3 is 9.64 Å². The summed E-state index contributed by atoms with van der Waals surface area (Å²) in [6, 6.07) is 18.7. The number of hydrogen-bond acceptors (Lipinski definition) is 4. The summed E-state index contributed by atoms with van der Waals surface area (Å²) in [6.45, 7) is 4.10. The fourth-order valence-corrected chi connectivity index (χ4v) is 3.30. The fourth-order valence-electron chi connectivity index (χ4n) is 3.30. The summed E-state index contributed by atoms with van der Waals surface area (Å²) in [6.07, 6.45) is 0.847. The van der Waals surface area contributed by atoms with Crippen LogP contribution in [0.4, 0.5) is 0 Å². The van der Waals surface area contributed by atoms with Gasteiger partial charge in [-0.05, 0) is 24.7 Å². The average molecular weight is 321 g/mol. The molecule has 1 unspecified atom stereocenters. The van der Waals surface area contributed by atoms with Gasteiger partial charge in [-0.15, -0.1) is 0 Å². The second-order valence-corrected chi connectivity index (χ2v) is 6.52. The number of piperazine rings is 1. The molecule has 24 heavy (non-hydrogen) atoms. The molecule has 1 atom stereocenters. The normalized spacial score (nSPS) is 23.0. The summed E-state index contributed by atoms with van der Waals surface area (Å²) in [5.41, 5.74) is 3.47. The third-order valence-electron chi connectivity index (χ3n) is 4.76. The highest BCUT2D eigenvalue weighted by molar-refractivity contribution is 6.04. The molecule has 4 heteroatoms. The molecule has 4 nitrogen and oxygen atoms in total. The maximum Gasteiger partial charge on any atom is 0.129 e. The van der Waals surface area contributed by atoms with Crippen molar-refractivity contribution in [2.75, 3.05) is 33.2 Å². The highest BCUT2D eigenvalue weighted by Gasteiger charge is 2.27. The minimum Gasteiger partial charge on any atom is -0.485 e. The monoisotopic (exact) mass is 321 g/mol. The Kier molecular flexibility index (Phi) is 4.22. The van der Waals surface area contributed by atoms with Gasteiger partial charge in [0.05, 0.1) is 5.71 Å². The second kappa shape index (κ2) is 6.65. The van der Waals surface area contributed by atoms with Gasteiger partial charge in [0.25, 0.3) is 0 Å². The van der Waals surface area contributed by atoms with Crippen LogP contribution >= 0.6 is 0 Å². The molecule has 124 valence electrons. The van der Waals surface area contributed by atoms with Gasteiger partial charge in [-0.25, -0.2) is 0 Å². The van der Waals surface area contributed by atoms with Crippen molar-refractivity contribution < 1.29 is 4.74 Å². The fraction of sp³-hybridized carbons (Fsp3) is 0.350. The third-order valence-corrected chi connectivity index (χ3v) is 4.76. The summed E-state index contributed by atoms with van der Waals surface area (Å²) < 4.78 is 6.25. The predicted octanol–water partition coefficient (Wildman–Crippen LogP) is 3.16. The van der Waals surface area contributed by atoms with Crippen molar-refractivity contribution in [1.29, 1.82) is 0 Å². The highest BCUT2D eigenvalue weighted by Crippen LogP contribution is 2.35. The first kappa shape index (κ1) is 15.2. The molecule has 2 aromatic rings. The minimum atomic E-state index is 0.0346. The molecule has 4 rings (SSSR count). The molecule has 0 saturated carbocycles.